The summed E-state index contributed by atoms with van der Waals surface area (Å²) >= 11 is 0. The Labute approximate surface area is 108 Å². The maximum Gasteiger partial charge on any atom is 0.0564 e. The third kappa shape index (κ3) is 4.38. The molecule has 0 saturated carbocycles. The summed E-state index contributed by atoms with van der Waals surface area (Å²) in [5.41, 5.74) is 0.314. The maximum atomic E-state index is 5.81. The van der Waals surface area contributed by atoms with Crippen LogP contribution in [0.4, 0.5) is 0 Å². The van der Waals surface area contributed by atoms with Crippen molar-refractivity contribution in [2.75, 3.05) is 26.4 Å². The minimum absolute atomic E-state index is 0.314. The molecule has 1 rings (SSSR count). The summed E-state index contributed by atoms with van der Waals surface area (Å²) in [6, 6.07) is 5.76. The normalized spacial score (nSPS) is 19.1. The minimum Gasteiger partial charge on any atom is -0.381 e. The number of ether oxygens (including phenoxy) is 2. The average molecular weight is 258 g/mol. The van der Waals surface area contributed by atoms with Gasteiger partial charge in [0.2, 0.25) is 0 Å². The molecule has 1 saturated heterocycles. The van der Waals surface area contributed by atoms with E-state index in [2.05, 4.69) is 27.7 Å². The molecule has 0 spiro atoms. The molecule has 2 nitrogen and oxygen atoms in total. The summed E-state index contributed by atoms with van der Waals surface area (Å²) in [6.45, 7) is 13.0. The molecule has 0 aromatic heterocycles. The van der Waals surface area contributed by atoms with Crippen LogP contribution in [0.3, 0.4) is 0 Å². The van der Waals surface area contributed by atoms with Crippen molar-refractivity contribution in [2.24, 2.45) is 5.41 Å². The molecular weight excluding hydrogens is 228 g/mol. The first-order valence-electron chi connectivity index (χ1n) is 7.25. The van der Waals surface area contributed by atoms with Gasteiger partial charge in [-0.05, 0) is 6.42 Å². The number of rotatable bonds is 9. The SMILES string of the molecule is CC[Si](CC)(CC)CCCOCC1(C)COC1. The molecule has 3 heteroatoms. The Bertz CT molecular complexity index is 202. The molecule has 0 atom stereocenters. The molecule has 1 aliphatic heterocycles. The fourth-order valence-electron chi connectivity index (χ4n) is 2.68. The third-order valence-corrected chi connectivity index (χ3v) is 10.5. The Morgan fingerprint density at radius 1 is 1.12 bits per heavy atom. The summed E-state index contributed by atoms with van der Waals surface area (Å²) < 4.78 is 11.0. The quantitative estimate of drug-likeness (QED) is 0.461. The first kappa shape index (κ1) is 15.2. The smallest absolute Gasteiger partial charge is 0.0564 e. The third-order valence-electron chi connectivity index (χ3n) is 4.60. The van der Waals surface area contributed by atoms with Crippen LogP contribution in [-0.2, 0) is 9.47 Å². The van der Waals surface area contributed by atoms with E-state index in [1.807, 2.05) is 0 Å². The van der Waals surface area contributed by atoms with Gasteiger partial charge in [-0.15, -0.1) is 0 Å². The lowest BCUT2D eigenvalue weighted by Crippen LogP contribution is -2.43. The predicted molar refractivity (Wildman–Crippen MR) is 76.4 cm³/mol. The van der Waals surface area contributed by atoms with E-state index in [0.717, 1.165) is 26.4 Å². The molecular formula is C14H30O2Si. The van der Waals surface area contributed by atoms with E-state index in [-0.39, 0.29) is 0 Å². The van der Waals surface area contributed by atoms with E-state index in [1.54, 1.807) is 0 Å². The van der Waals surface area contributed by atoms with Crippen LogP contribution in [0.2, 0.25) is 24.2 Å². The monoisotopic (exact) mass is 258 g/mol. The van der Waals surface area contributed by atoms with Crippen LogP contribution < -0.4 is 0 Å². The highest BCUT2D eigenvalue weighted by Crippen LogP contribution is 2.28. The van der Waals surface area contributed by atoms with Crippen molar-refractivity contribution in [1.29, 1.82) is 0 Å². The van der Waals surface area contributed by atoms with E-state index < -0.39 is 8.07 Å². The van der Waals surface area contributed by atoms with Gasteiger partial charge in [0, 0.05) is 12.0 Å². The van der Waals surface area contributed by atoms with Crippen molar-refractivity contribution in [3.05, 3.63) is 0 Å². The van der Waals surface area contributed by atoms with Gasteiger partial charge in [0.1, 0.15) is 0 Å². The van der Waals surface area contributed by atoms with Gasteiger partial charge < -0.3 is 9.47 Å². The largest absolute Gasteiger partial charge is 0.381 e. The summed E-state index contributed by atoms with van der Waals surface area (Å²) in [7, 11) is -0.912. The summed E-state index contributed by atoms with van der Waals surface area (Å²) in [5.74, 6) is 0. The van der Waals surface area contributed by atoms with Gasteiger partial charge in [-0.1, -0.05) is 51.9 Å². The van der Waals surface area contributed by atoms with Gasteiger partial charge in [-0.2, -0.15) is 0 Å². The molecule has 1 heterocycles. The molecule has 0 unspecified atom stereocenters. The Kier molecular flexibility index (Phi) is 6.17. The van der Waals surface area contributed by atoms with Gasteiger partial charge in [-0.25, -0.2) is 0 Å². The first-order chi connectivity index (χ1) is 8.10. The molecule has 0 aromatic carbocycles. The van der Waals surface area contributed by atoms with E-state index in [9.17, 15) is 0 Å². The summed E-state index contributed by atoms with van der Waals surface area (Å²) in [5, 5.41) is 0. The van der Waals surface area contributed by atoms with Crippen LogP contribution in [0.5, 0.6) is 0 Å². The minimum atomic E-state index is -0.912. The van der Waals surface area contributed by atoms with E-state index in [4.69, 9.17) is 9.47 Å². The molecule has 1 aliphatic rings. The second kappa shape index (κ2) is 6.91. The van der Waals surface area contributed by atoms with E-state index >= 15 is 0 Å². The Morgan fingerprint density at radius 3 is 2.12 bits per heavy atom. The predicted octanol–water partition coefficient (Wildman–Crippen LogP) is 3.94. The zero-order valence-corrected chi connectivity index (χ0v) is 13.2. The van der Waals surface area contributed by atoms with Crippen LogP contribution >= 0.6 is 0 Å². The molecule has 0 radical (unpaired) electrons. The van der Waals surface area contributed by atoms with E-state index in [1.165, 1.54) is 30.6 Å². The van der Waals surface area contributed by atoms with Gasteiger partial charge in [0.05, 0.1) is 27.9 Å². The zero-order valence-electron chi connectivity index (χ0n) is 12.2. The fourth-order valence-corrected chi connectivity index (χ4v) is 6.14. The topological polar surface area (TPSA) is 18.5 Å². The Balaban J connectivity index is 2.10. The average Bonchev–Trinajstić information content (AvgIpc) is 2.32. The van der Waals surface area contributed by atoms with Crippen molar-refractivity contribution >= 4 is 8.07 Å². The molecule has 0 amide bonds. The van der Waals surface area contributed by atoms with Gasteiger partial charge in [0.15, 0.2) is 0 Å². The Hall–Kier alpha value is 0.137. The standard InChI is InChI=1S/C14H30O2Si/c1-5-17(6-2,7-3)10-8-9-15-11-14(4)12-16-13-14/h5-13H2,1-4H3. The second-order valence-electron chi connectivity index (χ2n) is 6.02. The first-order valence-corrected chi connectivity index (χ1v) is 10.1. The van der Waals surface area contributed by atoms with Crippen LogP contribution in [0, 0.1) is 5.41 Å². The van der Waals surface area contributed by atoms with Gasteiger partial charge in [-0.3, -0.25) is 0 Å². The summed E-state index contributed by atoms with van der Waals surface area (Å²) in [6.07, 6.45) is 1.26. The lowest BCUT2D eigenvalue weighted by molar-refractivity contribution is -0.137. The lowest BCUT2D eigenvalue weighted by Gasteiger charge is -2.37. The summed E-state index contributed by atoms with van der Waals surface area (Å²) in [4.78, 5) is 0. The number of hydrogen-bond acceptors (Lipinski definition) is 2. The molecule has 17 heavy (non-hydrogen) atoms. The van der Waals surface area contributed by atoms with Crippen molar-refractivity contribution in [3.63, 3.8) is 0 Å². The molecule has 0 aliphatic carbocycles. The van der Waals surface area contributed by atoms with Crippen LogP contribution in [0.15, 0.2) is 0 Å². The van der Waals surface area contributed by atoms with Crippen molar-refractivity contribution in [1.82, 2.24) is 0 Å². The molecule has 0 N–H and O–H groups in total. The second-order valence-corrected chi connectivity index (χ2v) is 11.6. The molecule has 0 bridgehead atoms. The zero-order chi connectivity index (χ0) is 12.8. The van der Waals surface area contributed by atoms with Crippen molar-refractivity contribution in [3.8, 4) is 0 Å². The van der Waals surface area contributed by atoms with E-state index in [0.29, 0.717) is 5.41 Å². The van der Waals surface area contributed by atoms with Gasteiger partial charge >= 0.3 is 0 Å². The van der Waals surface area contributed by atoms with Crippen molar-refractivity contribution in [2.45, 2.75) is 58.3 Å². The van der Waals surface area contributed by atoms with Gasteiger partial charge in [0.25, 0.3) is 0 Å². The highest BCUT2D eigenvalue weighted by atomic mass is 28.3. The molecule has 1 fully saturated rings. The molecule has 102 valence electrons. The molecule has 0 aromatic rings. The van der Waals surface area contributed by atoms with Crippen LogP contribution in [-0.4, -0.2) is 34.5 Å². The van der Waals surface area contributed by atoms with Crippen LogP contribution in [0.1, 0.15) is 34.1 Å². The lowest BCUT2D eigenvalue weighted by atomic mass is 9.90. The fraction of sp³-hybridized carbons (Fsp3) is 1.00. The Morgan fingerprint density at radius 2 is 1.71 bits per heavy atom. The maximum absolute atomic E-state index is 5.81. The van der Waals surface area contributed by atoms with Crippen molar-refractivity contribution < 1.29 is 9.47 Å². The van der Waals surface area contributed by atoms with Crippen LogP contribution in [0.25, 0.3) is 0 Å². The number of hydrogen-bond donors (Lipinski definition) is 0. The highest BCUT2D eigenvalue weighted by Gasteiger charge is 2.33. The highest BCUT2D eigenvalue weighted by molar-refractivity contribution is 6.79.